The summed E-state index contributed by atoms with van der Waals surface area (Å²) in [6.45, 7) is 0.939. The molecule has 1 aromatic heterocycles. The van der Waals surface area contributed by atoms with Crippen molar-refractivity contribution in [1.82, 2.24) is 15.1 Å². The van der Waals surface area contributed by atoms with Crippen LogP contribution in [0.1, 0.15) is 18.5 Å². The van der Waals surface area contributed by atoms with Gasteiger partial charge in [0.15, 0.2) is 0 Å². The van der Waals surface area contributed by atoms with E-state index in [-0.39, 0.29) is 12.3 Å². The van der Waals surface area contributed by atoms with Crippen LogP contribution < -0.4 is 0 Å². The lowest BCUT2D eigenvalue weighted by atomic mass is 9.98. The number of piperidine rings is 1. The molecule has 0 bridgehead atoms. The van der Waals surface area contributed by atoms with Crippen molar-refractivity contribution in [3.63, 3.8) is 0 Å². The monoisotopic (exact) mass is 287 g/mol. The second kappa shape index (κ2) is 5.55. The molecular formula is C15H17N3O3. The molecule has 1 aliphatic rings. The number of para-hydroxylation sites is 1. The average Bonchev–Trinajstić information content (AvgIpc) is 2.91. The van der Waals surface area contributed by atoms with Gasteiger partial charge < -0.3 is 10.0 Å². The summed E-state index contributed by atoms with van der Waals surface area (Å²) in [6.07, 6.45) is 1.62. The van der Waals surface area contributed by atoms with Gasteiger partial charge in [-0.3, -0.25) is 14.7 Å². The highest BCUT2D eigenvalue weighted by Crippen LogP contribution is 2.20. The van der Waals surface area contributed by atoms with E-state index >= 15 is 0 Å². The SMILES string of the molecule is O=C(O)[C@@H]1CCCN(C(=O)Cc2[nH]nc3ccccc23)C1. The van der Waals surface area contributed by atoms with Gasteiger partial charge in [-0.25, -0.2) is 0 Å². The number of aromatic nitrogens is 2. The highest BCUT2D eigenvalue weighted by atomic mass is 16.4. The zero-order valence-electron chi connectivity index (χ0n) is 11.6. The summed E-state index contributed by atoms with van der Waals surface area (Å²) >= 11 is 0. The molecule has 0 aliphatic carbocycles. The predicted molar refractivity (Wildman–Crippen MR) is 76.7 cm³/mol. The standard InChI is InChI=1S/C15H17N3O3/c19-14(18-7-3-4-10(9-18)15(20)21)8-13-11-5-1-2-6-12(11)16-17-13/h1-2,5-6,10H,3-4,7-9H2,(H,16,17)(H,20,21)/t10-/m1/s1. The van der Waals surface area contributed by atoms with Gasteiger partial charge in [-0.1, -0.05) is 18.2 Å². The fourth-order valence-corrected chi connectivity index (χ4v) is 2.82. The maximum atomic E-state index is 12.4. The van der Waals surface area contributed by atoms with Crippen molar-refractivity contribution in [2.45, 2.75) is 19.3 Å². The van der Waals surface area contributed by atoms with Crippen molar-refractivity contribution in [3.05, 3.63) is 30.0 Å². The Hall–Kier alpha value is -2.37. The molecule has 0 spiro atoms. The van der Waals surface area contributed by atoms with E-state index in [1.54, 1.807) is 4.90 Å². The first-order chi connectivity index (χ1) is 10.1. The van der Waals surface area contributed by atoms with E-state index in [2.05, 4.69) is 10.2 Å². The van der Waals surface area contributed by atoms with Gasteiger partial charge >= 0.3 is 5.97 Å². The fourth-order valence-electron chi connectivity index (χ4n) is 2.82. The molecule has 6 heteroatoms. The Kier molecular flexibility index (Phi) is 3.60. The Labute approximate surface area is 121 Å². The number of carboxylic acids is 1. The van der Waals surface area contributed by atoms with Gasteiger partial charge in [0, 0.05) is 18.5 Å². The number of nitrogens with zero attached hydrogens (tertiary/aromatic N) is 2. The molecule has 1 aliphatic heterocycles. The molecule has 1 saturated heterocycles. The molecule has 21 heavy (non-hydrogen) atoms. The number of hydrogen-bond donors (Lipinski definition) is 2. The molecule has 1 fully saturated rings. The Bertz CT molecular complexity index is 680. The van der Waals surface area contributed by atoms with Crippen molar-refractivity contribution in [2.24, 2.45) is 5.92 Å². The number of rotatable bonds is 3. The lowest BCUT2D eigenvalue weighted by Gasteiger charge is -2.30. The van der Waals surface area contributed by atoms with E-state index in [9.17, 15) is 9.59 Å². The number of hydrogen-bond acceptors (Lipinski definition) is 3. The summed E-state index contributed by atoms with van der Waals surface area (Å²) < 4.78 is 0. The maximum Gasteiger partial charge on any atom is 0.308 e. The second-order valence-electron chi connectivity index (χ2n) is 5.41. The minimum Gasteiger partial charge on any atom is -0.481 e. The highest BCUT2D eigenvalue weighted by molar-refractivity contribution is 5.87. The van der Waals surface area contributed by atoms with Gasteiger partial charge in [0.25, 0.3) is 0 Å². The first-order valence-corrected chi connectivity index (χ1v) is 7.07. The van der Waals surface area contributed by atoms with Crippen LogP contribution in [0.25, 0.3) is 10.9 Å². The summed E-state index contributed by atoms with van der Waals surface area (Å²) in [7, 11) is 0. The van der Waals surface area contributed by atoms with Gasteiger partial charge in [0.2, 0.25) is 5.91 Å². The molecule has 0 saturated carbocycles. The lowest BCUT2D eigenvalue weighted by Crippen LogP contribution is -2.43. The summed E-state index contributed by atoms with van der Waals surface area (Å²) in [4.78, 5) is 25.1. The number of carbonyl (C=O) groups is 2. The zero-order chi connectivity index (χ0) is 14.8. The summed E-state index contributed by atoms with van der Waals surface area (Å²) in [6, 6.07) is 7.63. The normalized spacial score (nSPS) is 18.9. The van der Waals surface area contributed by atoms with Crippen LogP contribution in [0.4, 0.5) is 0 Å². The number of carbonyl (C=O) groups excluding carboxylic acids is 1. The van der Waals surface area contributed by atoms with Crippen molar-refractivity contribution < 1.29 is 14.7 Å². The average molecular weight is 287 g/mol. The molecule has 6 nitrogen and oxygen atoms in total. The van der Waals surface area contributed by atoms with E-state index in [1.165, 1.54) is 0 Å². The minimum atomic E-state index is -0.820. The number of benzene rings is 1. The Morgan fingerprint density at radius 2 is 2.19 bits per heavy atom. The molecule has 3 rings (SSSR count). The number of amides is 1. The van der Waals surface area contributed by atoms with E-state index in [4.69, 9.17) is 5.11 Å². The zero-order valence-corrected chi connectivity index (χ0v) is 11.6. The second-order valence-corrected chi connectivity index (χ2v) is 5.41. The lowest BCUT2D eigenvalue weighted by molar-refractivity contribution is -0.145. The van der Waals surface area contributed by atoms with Gasteiger partial charge in [0.1, 0.15) is 0 Å². The molecule has 1 amide bonds. The third-order valence-corrected chi connectivity index (χ3v) is 3.99. The van der Waals surface area contributed by atoms with Crippen LogP contribution in [0, 0.1) is 5.92 Å². The van der Waals surface area contributed by atoms with Crippen molar-refractivity contribution in [3.8, 4) is 0 Å². The number of aromatic amines is 1. The summed E-state index contributed by atoms with van der Waals surface area (Å²) in [5.41, 5.74) is 1.62. The van der Waals surface area contributed by atoms with Crippen LogP contribution in [0.2, 0.25) is 0 Å². The van der Waals surface area contributed by atoms with Crippen LogP contribution in [0.5, 0.6) is 0 Å². The van der Waals surface area contributed by atoms with Crippen molar-refractivity contribution in [1.29, 1.82) is 0 Å². The molecule has 0 radical (unpaired) electrons. The molecule has 0 unspecified atom stereocenters. The molecule has 1 atom stereocenters. The Balaban J connectivity index is 1.72. The number of H-pyrrole nitrogens is 1. The fraction of sp³-hybridized carbons (Fsp3) is 0.400. The first kappa shape index (κ1) is 13.6. The molecular weight excluding hydrogens is 270 g/mol. The van der Waals surface area contributed by atoms with E-state index in [1.807, 2.05) is 24.3 Å². The van der Waals surface area contributed by atoms with E-state index in [0.29, 0.717) is 19.5 Å². The van der Waals surface area contributed by atoms with Gasteiger partial charge in [0.05, 0.1) is 23.5 Å². The van der Waals surface area contributed by atoms with Gasteiger partial charge in [-0.05, 0) is 18.9 Å². The minimum absolute atomic E-state index is 0.0460. The molecule has 2 aromatic rings. The van der Waals surface area contributed by atoms with Crippen molar-refractivity contribution in [2.75, 3.05) is 13.1 Å². The third-order valence-electron chi connectivity index (χ3n) is 3.99. The van der Waals surface area contributed by atoms with Gasteiger partial charge in [-0.15, -0.1) is 0 Å². The predicted octanol–water partition coefficient (Wildman–Crippen LogP) is 1.43. The largest absolute Gasteiger partial charge is 0.481 e. The van der Waals surface area contributed by atoms with E-state index < -0.39 is 11.9 Å². The number of carboxylic acid groups (broad SMARTS) is 1. The summed E-state index contributed by atoms with van der Waals surface area (Å²) in [5, 5.41) is 17.1. The smallest absolute Gasteiger partial charge is 0.308 e. The van der Waals surface area contributed by atoms with Crippen LogP contribution >= 0.6 is 0 Å². The molecule has 1 aromatic carbocycles. The quantitative estimate of drug-likeness (QED) is 0.894. The highest BCUT2D eigenvalue weighted by Gasteiger charge is 2.28. The number of fused-ring (bicyclic) bond motifs is 1. The number of likely N-dealkylation sites (tertiary alicyclic amines) is 1. The number of nitrogens with one attached hydrogen (secondary N) is 1. The van der Waals surface area contributed by atoms with Crippen molar-refractivity contribution >= 4 is 22.8 Å². The molecule has 110 valence electrons. The third kappa shape index (κ3) is 2.74. The van der Waals surface area contributed by atoms with Crippen LogP contribution in [-0.2, 0) is 16.0 Å². The van der Waals surface area contributed by atoms with Crippen LogP contribution in [0.3, 0.4) is 0 Å². The van der Waals surface area contributed by atoms with Gasteiger partial charge in [-0.2, -0.15) is 5.10 Å². The molecule has 2 N–H and O–H groups in total. The maximum absolute atomic E-state index is 12.4. The first-order valence-electron chi connectivity index (χ1n) is 7.07. The van der Waals surface area contributed by atoms with Crippen LogP contribution in [-0.4, -0.2) is 45.2 Å². The van der Waals surface area contributed by atoms with E-state index in [0.717, 1.165) is 23.0 Å². The Morgan fingerprint density at radius 1 is 1.38 bits per heavy atom. The topological polar surface area (TPSA) is 86.3 Å². The number of aliphatic carboxylic acids is 1. The summed E-state index contributed by atoms with van der Waals surface area (Å²) in [5.74, 6) is -1.31. The Morgan fingerprint density at radius 3 is 3.00 bits per heavy atom. The molecule has 2 heterocycles. The van der Waals surface area contributed by atoms with Crippen LogP contribution in [0.15, 0.2) is 24.3 Å².